The Morgan fingerprint density at radius 2 is 1.97 bits per heavy atom. The van der Waals surface area contributed by atoms with Crippen LogP contribution in [0.25, 0.3) is 0 Å². The number of ketones is 1. The van der Waals surface area contributed by atoms with Crippen molar-refractivity contribution in [1.29, 1.82) is 0 Å². The van der Waals surface area contributed by atoms with E-state index in [1.807, 2.05) is 60.3 Å². The zero-order valence-corrected chi connectivity index (χ0v) is 16.9. The molecule has 6 heteroatoms. The van der Waals surface area contributed by atoms with Crippen LogP contribution in [0.4, 0.5) is 0 Å². The molecule has 2 aliphatic rings. The van der Waals surface area contributed by atoms with Crippen LogP contribution in [0.2, 0.25) is 5.02 Å². The van der Waals surface area contributed by atoms with E-state index in [9.17, 15) is 4.79 Å². The Morgan fingerprint density at radius 3 is 2.76 bits per heavy atom. The average Bonchev–Trinajstić information content (AvgIpc) is 3.30. The lowest BCUT2D eigenvalue weighted by Gasteiger charge is -2.15. The molecule has 0 N–H and O–H groups in total. The highest BCUT2D eigenvalue weighted by molar-refractivity contribution is 6.31. The Bertz CT molecular complexity index is 1100. The first kappa shape index (κ1) is 18.3. The van der Waals surface area contributed by atoms with Crippen LogP contribution in [0.5, 0.6) is 11.5 Å². The third kappa shape index (κ3) is 3.19. The second-order valence-electron chi connectivity index (χ2n) is 7.74. The Hall–Kier alpha value is -2.79. The number of aromatic nitrogens is 2. The molecule has 29 heavy (non-hydrogen) atoms. The number of hydrogen-bond donors (Lipinski definition) is 0. The highest BCUT2D eigenvalue weighted by Gasteiger charge is 2.51. The molecule has 0 saturated heterocycles. The molecule has 0 bridgehead atoms. The Balaban J connectivity index is 1.35. The van der Waals surface area contributed by atoms with E-state index in [0.717, 1.165) is 52.0 Å². The first-order valence-electron chi connectivity index (χ1n) is 9.73. The SMILES string of the molecule is Cn1c(Cc2ccccc2Cl)cnc1CC(=O)C1(c2ccc3c(c2)OCO3)CC1. The van der Waals surface area contributed by atoms with Crippen LogP contribution in [0, 0.1) is 0 Å². The molecule has 0 radical (unpaired) electrons. The summed E-state index contributed by atoms with van der Waals surface area (Å²) in [6.07, 6.45) is 4.56. The number of rotatable bonds is 6. The molecule has 1 fully saturated rings. The number of nitrogens with zero attached hydrogens (tertiary/aromatic N) is 2. The van der Waals surface area contributed by atoms with Crippen LogP contribution in [0.1, 0.15) is 35.5 Å². The summed E-state index contributed by atoms with van der Waals surface area (Å²) < 4.78 is 12.9. The zero-order chi connectivity index (χ0) is 20.0. The molecular weight excluding hydrogens is 388 g/mol. The quantitative estimate of drug-likeness (QED) is 0.612. The van der Waals surface area contributed by atoms with Crippen LogP contribution in [0.15, 0.2) is 48.7 Å². The minimum absolute atomic E-state index is 0.203. The number of hydrogen-bond acceptors (Lipinski definition) is 4. The highest BCUT2D eigenvalue weighted by atomic mass is 35.5. The van der Waals surface area contributed by atoms with Crippen LogP contribution in [-0.2, 0) is 30.1 Å². The molecule has 5 rings (SSSR count). The molecule has 0 amide bonds. The largest absolute Gasteiger partial charge is 0.454 e. The van der Waals surface area contributed by atoms with Gasteiger partial charge in [-0.3, -0.25) is 4.79 Å². The second-order valence-corrected chi connectivity index (χ2v) is 8.15. The fourth-order valence-corrected chi connectivity index (χ4v) is 4.22. The van der Waals surface area contributed by atoms with E-state index in [0.29, 0.717) is 12.8 Å². The van der Waals surface area contributed by atoms with Gasteiger partial charge in [0.1, 0.15) is 5.82 Å². The van der Waals surface area contributed by atoms with Gasteiger partial charge < -0.3 is 14.0 Å². The first-order chi connectivity index (χ1) is 14.1. The number of imidazole rings is 1. The van der Waals surface area contributed by atoms with Gasteiger partial charge >= 0.3 is 0 Å². The highest BCUT2D eigenvalue weighted by Crippen LogP contribution is 2.51. The molecule has 1 aliphatic carbocycles. The number of fused-ring (bicyclic) bond motifs is 1. The van der Waals surface area contributed by atoms with Crippen molar-refractivity contribution in [3.8, 4) is 11.5 Å². The number of benzene rings is 2. The maximum absolute atomic E-state index is 13.2. The maximum Gasteiger partial charge on any atom is 0.231 e. The van der Waals surface area contributed by atoms with Crippen molar-refractivity contribution in [3.63, 3.8) is 0 Å². The van der Waals surface area contributed by atoms with E-state index in [1.165, 1.54) is 0 Å². The van der Waals surface area contributed by atoms with Crippen molar-refractivity contribution in [2.45, 2.75) is 31.1 Å². The normalized spacial score (nSPS) is 16.1. The summed E-state index contributed by atoms with van der Waals surface area (Å²) in [4.78, 5) is 17.8. The molecular formula is C23H21ClN2O3. The van der Waals surface area contributed by atoms with Gasteiger partial charge in [0.15, 0.2) is 17.3 Å². The summed E-state index contributed by atoms with van der Waals surface area (Å²) in [5.74, 6) is 2.45. The van der Waals surface area contributed by atoms with Gasteiger partial charge in [0.05, 0.1) is 11.8 Å². The average molecular weight is 409 g/mol. The van der Waals surface area contributed by atoms with E-state index in [-0.39, 0.29) is 12.6 Å². The Morgan fingerprint density at radius 1 is 1.17 bits per heavy atom. The topological polar surface area (TPSA) is 53.4 Å². The lowest BCUT2D eigenvalue weighted by Crippen LogP contribution is -2.24. The number of ether oxygens (including phenoxy) is 2. The smallest absolute Gasteiger partial charge is 0.231 e. The summed E-state index contributed by atoms with van der Waals surface area (Å²) in [5, 5.41) is 0.742. The standard InChI is InChI=1S/C23H21ClN2O3/c1-26-17(10-15-4-2-3-5-18(15)24)13-25-22(26)12-21(27)23(8-9-23)16-6-7-19-20(11-16)29-14-28-19/h2-7,11,13H,8-10,12,14H2,1H3. The van der Waals surface area contributed by atoms with Gasteiger partial charge in [-0.05, 0) is 42.2 Å². The van der Waals surface area contributed by atoms with Crippen LogP contribution >= 0.6 is 11.6 Å². The number of carbonyl (C=O) groups excluding carboxylic acids is 1. The van der Waals surface area contributed by atoms with Crippen molar-refractivity contribution in [2.24, 2.45) is 7.05 Å². The lowest BCUT2D eigenvalue weighted by molar-refractivity contribution is -0.121. The molecule has 1 aromatic heterocycles. The van der Waals surface area contributed by atoms with E-state index in [2.05, 4.69) is 4.98 Å². The molecule has 0 spiro atoms. The van der Waals surface area contributed by atoms with E-state index in [4.69, 9.17) is 21.1 Å². The summed E-state index contributed by atoms with van der Waals surface area (Å²) in [6, 6.07) is 13.6. The van der Waals surface area contributed by atoms with Crippen molar-refractivity contribution >= 4 is 17.4 Å². The predicted molar refractivity (Wildman–Crippen MR) is 110 cm³/mol. The molecule has 3 aromatic rings. The van der Waals surface area contributed by atoms with Crippen molar-refractivity contribution in [2.75, 3.05) is 6.79 Å². The van der Waals surface area contributed by atoms with Crippen LogP contribution in [0.3, 0.4) is 0 Å². The molecule has 5 nitrogen and oxygen atoms in total. The lowest BCUT2D eigenvalue weighted by atomic mass is 9.89. The van der Waals surface area contributed by atoms with Gasteiger partial charge in [-0.2, -0.15) is 0 Å². The Kier molecular flexibility index (Phi) is 4.36. The van der Waals surface area contributed by atoms with E-state index in [1.54, 1.807) is 0 Å². The van der Waals surface area contributed by atoms with Gasteiger partial charge in [0.25, 0.3) is 0 Å². The third-order valence-corrected chi connectivity index (χ3v) is 6.41. The van der Waals surface area contributed by atoms with Gasteiger partial charge in [-0.15, -0.1) is 0 Å². The predicted octanol–water partition coefficient (Wildman–Crippen LogP) is 4.24. The fraction of sp³-hybridized carbons (Fsp3) is 0.304. The molecule has 2 heterocycles. The molecule has 0 unspecified atom stereocenters. The molecule has 2 aromatic carbocycles. The number of halogens is 1. The van der Waals surface area contributed by atoms with E-state index >= 15 is 0 Å². The summed E-state index contributed by atoms with van der Waals surface area (Å²) >= 11 is 6.29. The van der Waals surface area contributed by atoms with Crippen LogP contribution < -0.4 is 9.47 Å². The number of carbonyl (C=O) groups is 1. The summed E-state index contributed by atoms with van der Waals surface area (Å²) in [6.45, 7) is 0.237. The van der Waals surface area contributed by atoms with Crippen molar-refractivity contribution < 1.29 is 14.3 Å². The molecule has 1 saturated carbocycles. The minimum atomic E-state index is -0.421. The molecule has 148 valence electrons. The minimum Gasteiger partial charge on any atom is -0.454 e. The zero-order valence-electron chi connectivity index (χ0n) is 16.2. The van der Waals surface area contributed by atoms with Crippen LogP contribution in [-0.4, -0.2) is 22.1 Å². The fourth-order valence-electron chi connectivity index (χ4n) is 4.01. The van der Waals surface area contributed by atoms with E-state index < -0.39 is 5.41 Å². The van der Waals surface area contributed by atoms with Gasteiger partial charge in [-0.1, -0.05) is 35.9 Å². The summed E-state index contributed by atoms with van der Waals surface area (Å²) in [5.41, 5.74) is 2.68. The second kappa shape index (κ2) is 6.92. The molecule has 0 atom stereocenters. The monoisotopic (exact) mass is 408 g/mol. The number of Topliss-reactive ketones (excluding diaryl/α,β-unsaturated/α-hetero) is 1. The van der Waals surface area contributed by atoms with Gasteiger partial charge in [-0.25, -0.2) is 4.98 Å². The van der Waals surface area contributed by atoms with Gasteiger partial charge in [0.2, 0.25) is 6.79 Å². The maximum atomic E-state index is 13.2. The third-order valence-electron chi connectivity index (χ3n) is 6.04. The molecule has 1 aliphatic heterocycles. The van der Waals surface area contributed by atoms with Gasteiger partial charge in [0, 0.05) is 30.4 Å². The van der Waals surface area contributed by atoms with Crippen molar-refractivity contribution in [3.05, 3.63) is 76.3 Å². The Labute approximate surface area is 174 Å². The first-order valence-corrected chi connectivity index (χ1v) is 10.1. The summed E-state index contributed by atoms with van der Waals surface area (Å²) in [7, 11) is 1.96. The van der Waals surface area contributed by atoms with Crippen molar-refractivity contribution in [1.82, 2.24) is 9.55 Å².